The zero-order valence-corrected chi connectivity index (χ0v) is 39.6. The van der Waals surface area contributed by atoms with Crippen molar-refractivity contribution < 1.29 is 35.4 Å². The highest BCUT2D eigenvalue weighted by molar-refractivity contribution is 6.88. The number of alkyl halides is 1. The van der Waals surface area contributed by atoms with Gasteiger partial charge in [-0.25, -0.2) is 4.39 Å². The van der Waals surface area contributed by atoms with E-state index in [0.717, 1.165) is 23.9 Å². The summed E-state index contributed by atoms with van der Waals surface area (Å²) in [6.07, 6.45) is 13.8. The van der Waals surface area contributed by atoms with E-state index >= 15 is 4.39 Å². The standard InChI is InChI=1S/C35H75FO7Si6/c1-44(2,40-48(9,10)42-46(5,6)25-19-29-15-17-31-33(27-29)38-31)23-13-21-35(36,37)22-14-24-45(3,4)41-49(11,12)43-47(7,8)26-20-30-16-18-32-34(28-30)39-32/h29-34,37H,13-28H2,1-12H3. The Kier molecular flexibility index (Phi) is 14.3. The van der Waals surface area contributed by atoms with Crippen molar-refractivity contribution in [1.29, 1.82) is 0 Å². The smallest absolute Gasteiger partial charge is 0.311 e. The summed E-state index contributed by atoms with van der Waals surface area (Å²) in [4.78, 5) is 0. The van der Waals surface area contributed by atoms with Gasteiger partial charge in [0.25, 0.3) is 0 Å². The molecule has 288 valence electrons. The van der Waals surface area contributed by atoms with Crippen LogP contribution in [0.3, 0.4) is 0 Å². The van der Waals surface area contributed by atoms with Crippen LogP contribution in [0.1, 0.15) is 77.0 Å². The number of fused-ring (bicyclic) bond motifs is 2. The first kappa shape index (κ1) is 42.7. The molecule has 0 aromatic heterocycles. The lowest BCUT2D eigenvalue weighted by atomic mass is 9.88. The van der Waals surface area contributed by atoms with Gasteiger partial charge < -0.3 is 31.0 Å². The molecular formula is C35H75FO7Si6. The van der Waals surface area contributed by atoms with Crippen molar-refractivity contribution in [1.82, 2.24) is 0 Å². The topological polar surface area (TPSA) is 82.2 Å². The molecule has 1 N–H and O–H groups in total. The zero-order valence-electron chi connectivity index (χ0n) is 33.6. The lowest BCUT2D eigenvalue weighted by molar-refractivity contribution is -0.101. The molecule has 2 aliphatic heterocycles. The van der Waals surface area contributed by atoms with E-state index in [-0.39, 0.29) is 12.8 Å². The van der Waals surface area contributed by atoms with Crippen molar-refractivity contribution in [3.8, 4) is 0 Å². The molecule has 0 spiro atoms. The monoisotopic (exact) mass is 794 g/mol. The Morgan fingerprint density at radius 2 is 0.857 bits per heavy atom. The molecule has 4 aliphatic rings. The minimum absolute atomic E-state index is 0.156. The SMILES string of the molecule is C[Si](C)(CCCC(O)(F)CCC[Si](C)(C)O[Si](C)(C)O[Si](C)(C)CCC1CCC2OC2C1)O[Si](C)(C)O[Si](C)(C)CCC1CCC2OC2C1. The molecule has 4 rings (SSSR count). The first-order chi connectivity index (χ1) is 22.3. The molecule has 6 atom stereocenters. The Morgan fingerprint density at radius 1 is 0.531 bits per heavy atom. The Balaban J connectivity index is 1.11. The van der Waals surface area contributed by atoms with E-state index < -0.39 is 56.2 Å². The summed E-state index contributed by atoms with van der Waals surface area (Å²) in [5.74, 6) is -0.596. The number of halogens is 1. The highest BCUT2D eigenvalue weighted by Crippen LogP contribution is 2.43. The average Bonchev–Trinajstić information content (AvgIpc) is 3.82. The molecular weight excluding hydrogens is 720 g/mol. The summed E-state index contributed by atoms with van der Waals surface area (Å²) >= 11 is 0. The van der Waals surface area contributed by atoms with E-state index in [0.29, 0.717) is 37.3 Å². The first-order valence-electron chi connectivity index (χ1n) is 19.9. The third kappa shape index (κ3) is 15.7. The molecule has 2 saturated heterocycles. The van der Waals surface area contributed by atoms with Gasteiger partial charge in [-0.05, 0) is 166 Å². The second kappa shape index (κ2) is 16.4. The molecule has 0 aromatic carbocycles. The highest BCUT2D eigenvalue weighted by Gasteiger charge is 2.46. The molecule has 7 nitrogen and oxygen atoms in total. The zero-order chi connectivity index (χ0) is 36.5. The quantitative estimate of drug-likeness (QED) is 0.0863. The summed E-state index contributed by atoms with van der Waals surface area (Å²) in [5.41, 5.74) is 0. The molecule has 0 amide bonds. The van der Waals surface area contributed by atoms with Crippen LogP contribution in [-0.2, 0) is 25.9 Å². The van der Waals surface area contributed by atoms with Gasteiger partial charge in [0, 0.05) is 12.8 Å². The molecule has 0 bridgehead atoms. The summed E-state index contributed by atoms with van der Waals surface area (Å²) < 4.78 is 54.1. The molecule has 0 aromatic rings. The maximum Gasteiger partial charge on any atom is 0.311 e. The van der Waals surface area contributed by atoms with E-state index in [2.05, 4.69) is 78.6 Å². The van der Waals surface area contributed by atoms with Crippen molar-refractivity contribution >= 4 is 50.4 Å². The van der Waals surface area contributed by atoms with E-state index in [1.54, 1.807) is 0 Å². The molecule has 49 heavy (non-hydrogen) atoms. The van der Waals surface area contributed by atoms with Crippen molar-refractivity contribution in [2.45, 2.75) is 210 Å². The van der Waals surface area contributed by atoms with E-state index in [1.807, 2.05) is 0 Å². The largest absolute Gasteiger partial charge is 0.437 e. The normalized spacial score (nSPS) is 29.3. The summed E-state index contributed by atoms with van der Waals surface area (Å²) in [6.45, 7) is 27.0. The van der Waals surface area contributed by atoms with Crippen LogP contribution in [0.15, 0.2) is 0 Å². The Hall–Kier alpha value is 0.951. The highest BCUT2D eigenvalue weighted by atomic mass is 28.5. The van der Waals surface area contributed by atoms with Crippen molar-refractivity contribution in [3.05, 3.63) is 0 Å². The van der Waals surface area contributed by atoms with Crippen LogP contribution in [0.4, 0.5) is 4.39 Å². The lowest BCUT2D eigenvalue weighted by Gasteiger charge is -2.39. The van der Waals surface area contributed by atoms with Crippen molar-refractivity contribution in [2.24, 2.45) is 11.8 Å². The predicted molar refractivity (Wildman–Crippen MR) is 214 cm³/mol. The van der Waals surface area contributed by atoms with Gasteiger partial charge in [0.15, 0.2) is 33.3 Å². The number of hydrogen-bond donors (Lipinski definition) is 1. The van der Waals surface area contributed by atoms with Crippen molar-refractivity contribution in [2.75, 3.05) is 0 Å². The minimum atomic E-state index is -2.33. The number of aliphatic hydroxyl groups is 1. The molecule has 14 heteroatoms. The maximum atomic E-state index is 15.4. The van der Waals surface area contributed by atoms with Crippen LogP contribution in [-0.4, -0.2) is 85.8 Å². The minimum Gasteiger partial charge on any atom is -0.437 e. The molecule has 6 unspecified atom stereocenters. The van der Waals surface area contributed by atoms with Gasteiger partial charge in [-0.15, -0.1) is 0 Å². The second-order valence-corrected chi connectivity index (χ2v) is 44.7. The predicted octanol–water partition coefficient (Wildman–Crippen LogP) is 10.4. The summed E-state index contributed by atoms with van der Waals surface area (Å²) in [5, 5.41) is 10.7. The Labute approximate surface area is 306 Å². The molecule has 2 aliphatic carbocycles. The van der Waals surface area contributed by atoms with Gasteiger partial charge in [-0.3, -0.25) is 0 Å². The number of epoxide rings is 2. The van der Waals surface area contributed by atoms with Crippen LogP contribution in [0.2, 0.25) is 103 Å². The van der Waals surface area contributed by atoms with Crippen LogP contribution >= 0.6 is 0 Å². The van der Waals surface area contributed by atoms with Gasteiger partial charge in [0.2, 0.25) is 5.85 Å². The molecule has 2 heterocycles. The van der Waals surface area contributed by atoms with Crippen LogP contribution in [0, 0.1) is 11.8 Å². The van der Waals surface area contributed by atoms with Gasteiger partial charge in [0.05, 0.1) is 24.4 Å². The Bertz CT molecular complexity index is 995. The number of ether oxygens (including phenoxy) is 2. The van der Waals surface area contributed by atoms with Crippen molar-refractivity contribution in [3.63, 3.8) is 0 Å². The van der Waals surface area contributed by atoms with Crippen LogP contribution in [0.25, 0.3) is 0 Å². The molecule has 2 saturated carbocycles. The fraction of sp³-hybridized carbons (Fsp3) is 1.00. The average molecular weight is 795 g/mol. The second-order valence-electron chi connectivity index (χ2n) is 19.7. The molecule has 0 radical (unpaired) electrons. The fourth-order valence-electron chi connectivity index (χ4n) is 9.20. The molecule has 4 fully saturated rings. The summed E-state index contributed by atoms with van der Waals surface area (Å²) in [7, 11) is -12.5. The Morgan fingerprint density at radius 3 is 1.18 bits per heavy atom. The third-order valence-corrected chi connectivity index (χ3v) is 34.1. The number of rotatable bonds is 22. The van der Waals surface area contributed by atoms with Gasteiger partial charge >= 0.3 is 17.1 Å². The first-order valence-corrected chi connectivity index (χ1v) is 38.0. The van der Waals surface area contributed by atoms with Gasteiger partial charge in [0.1, 0.15) is 0 Å². The lowest BCUT2D eigenvalue weighted by Crippen LogP contribution is -2.52. The maximum absolute atomic E-state index is 15.4. The van der Waals surface area contributed by atoms with E-state index in [9.17, 15) is 5.11 Å². The third-order valence-electron chi connectivity index (χ3n) is 11.3. The fourth-order valence-corrected chi connectivity index (χ4v) is 37.5. The van der Waals surface area contributed by atoms with Gasteiger partial charge in [-0.1, -0.05) is 12.8 Å². The van der Waals surface area contributed by atoms with E-state index in [4.69, 9.17) is 25.9 Å². The van der Waals surface area contributed by atoms with Gasteiger partial charge in [-0.2, -0.15) is 0 Å². The number of hydrogen-bond acceptors (Lipinski definition) is 7. The van der Waals surface area contributed by atoms with E-state index in [1.165, 1.54) is 63.5 Å². The van der Waals surface area contributed by atoms with Crippen LogP contribution in [0.5, 0.6) is 0 Å². The summed E-state index contributed by atoms with van der Waals surface area (Å²) in [6, 6.07) is 3.98. The van der Waals surface area contributed by atoms with Crippen LogP contribution < -0.4 is 0 Å².